The monoisotopic (exact) mass is 425 g/mol. The molecule has 0 heterocycles. The first-order valence-corrected chi connectivity index (χ1v) is 10.1. The van der Waals surface area contributed by atoms with Gasteiger partial charge in [0.15, 0.2) is 23.0 Å². The summed E-state index contributed by atoms with van der Waals surface area (Å²) in [6.07, 6.45) is 0.862. The standard InChI is InChI=1S/C25H28FNO4/c1-28-22-10-8-18(14-24(22)29-2)12-13-27-16-19-9-11-23(25(15-19)30-3)31-17-20-6-4-5-7-21(20)26/h4-11,14-15,27H,12-13,16-17H2,1-3H3. The lowest BCUT2D eigenvalue weighted by Gasteiger charge is -2.13. The molecule has 0 saturated heterocycles. The number of rotatable bonds is 11. The summed E-state index contributed by atoms with van der Waals surface area (Å²) in [5, 5.41) is 3.43. The Kier molecular flexibility index (Phi) is 8.12. The van der Waals surface area contributed by atoms with Crippen molar-refractivity contribution in [2.75, 3.05) is 27.9 Å². The van der Waals surface area contributed by atoms with Gasteiger partial charge in [-0.2, -0.15) is 0 Å². The van der Waals surface area contributed by atoms with Crippen LogP contribution in [0.4, 0.5) is 4.39 Å². The number of ether oxygens (including phenoxy) is 4. The molecule has 0 fully saturated rings. The van der Waals surface area contributed by atoms with Crippen LogP contribution >= 0.6 is 0 Å². The predicted molar refractivity (Wildman–Crippen MR) is 119 cm³/mol. The third kappa shape index (κ3) is 6.12. The zero-order chi connectivity index (χ0) is 22.1. The van der Waals surface area contributed by atoms with Gasteiger partial charge in [-0.05, 0) is 54.4 Å². The lowest BCUT2D eigenvalue weighted by molar-refractivity contribution is 0.279. The van der Waals surface area contributed by atoms with E-state index >= 15 is 0 Å². The molecule has 0 unspecified atom stereocenters. The quantitative estimate of drug-likeness (QED) is 0.449. The first-order chi connectivity index (χ1) is 15.1. The number of hydrogen-bond donors (Lipinski definition) is 1. The molecule has 31 heavy (non-hydrogen) atoms. The summed E-state index contributed by atoms with van der Waals surface area (Å²) in [6.45, 7) is 1.65. The summed E-state index contributed by atoms with van der Waals surface area (Å²) in [6, 6.07) is 18.3. The van der Waals surface area contributed by atoms with Crippen LogP contribution < -0.4 is 24.3 Å². The Balaban J connectivity index is 1.52. The Bertz CT molecular complexity index is 993. The van der Waals surface area contributed by atoms with E-state index in [1.54, 1.807) is 39.5 Å². The van der Waals surface area contributed by atoms with Gasteiger partial charge in [-0.25, -0.2) is 4.39 Å². The second-order valence-electron chi connectivity index (χ2n) is 6.98. The highest BCUT2D eigenvalue weighted by Gasteiger charge is 2.09. The van der Waals surface area contributed by atoms with Crippen molar-refractivity contribution in [1.82, 2.24) is 5.32 Å². The van der Waals surface area contributed by atoms with E-state index in [1.165, 1.54) is 11.6 Å². The Morgan fingerprint density at radius 1 is 0.742 bits per heavy atom. The molecule has 5 nitrogen and oxygen atoms in total. The van der Waals surface area contributed by atoms with Gasteiger partial charge in [0.25, 0.3) is 0 Å². The van der Waals surface area contributed by atoms with Gasteiger partial charge in [0.2, 0.25) is 0 Å². The zero-order valence-corrected chi connectivity index (χ0v) is 18.1. The van der Waals surface area contributed by atoms with Gasteiger partial charge in [-0.3, -0.25) is 0 Å². The fourth-order valence-electron chi connectivity index (χ4n) is 3.21. The minimum absolute atomic E-state index is 0.145. The smallest absolute Gasteiger partial charge is 0.161 e. The van der Waals surface area contributed by atoms with E-state index in [9.17, 15) is 4.39 Å². The number of benzene rings is 3. The highest BCUT2D eigenvalue weighted by atomic mass is 19.1. The van der Waals surface area contributed by atoms with Gasteiger partial charge in [-0.1, -0.05) is 30.3 Å². The van der Waals surface area contributed by atoms with Gasteiger partial charge >= 0.3 is 0 Å². The maximum Gasteiger partial charge on any atom is 0.161 e. The third-order valence-electron chi connectivity index (χ3n) is 4.94. The molecule has 0 aliphatic rings. The summed E-state index contributed by atoms with van der Waals surface area (Å²) in [5.41, 5.74) is 2.74. The summed E-state index contributed by atoms with van der Waals surface area (Å²) < 4.78 is 35.6. The third-order valence-corrected chi connectivity index (χ3v) is 4.94. The molecule has 1 N–H and O–H groups in total. The first kappa shape index (κ1) is 22.4. The van der Waals surface area contributed by atoms with Crippen molar-refractivity contribution >= 4 is 0 Å². The van der Waals surface area contributed by atoms with Crippen LogP contribution in [0.3, 0.4) is 0 Å². The van der Waals surface area contributed by atoms with Gasteiger partial charge in [-0.15, -0.1) is 0 Å². The number of hydrogen-bond acceptors (Lipinski definition) is 5. The molecule has 0 amide bonds. The summed E-state index contributed by atoms with van der Waals surface area (Å²) in [4.78, 5) is 0. The lowest BCUT2D eigenvalue weighted by Crippen LogP contribution is -2.16. The molecule has 164 valence electrons. The van der Waals surface area contributed by atoms with Crippen LogP contribution in [0.1, 0.15) is 16.7 Å². The first-order valence-electron chi connectivity index (χ1n) is 10.1. The van der Waals surface area contributed by atoms with E-state index < -0.39 is 0 Å². The largest absolute Gasteiger partial charge is 0.493 e. The van der Waals surface area contributed by atoms with Crippen molar-refractivity contribution in [2.24, 2.45) is 0 Å². The molecule has 0 aliphatic carbocycles. The predicted octanol–water partition coefficient (Wildman–Crippen LogP) is 4.76. The number of methoxy groups -OCH3 is 3. The second kappa shape index (κ2) is 11.2. The summed E-state index contributed by atoms with van der Waals surface area (Å²) in [7, 11) is 4.86. The average molecular weight is 426 g/mol. The maximum absolute atomic E-state index is 13.8. The summed E-state index contributed by atoms with van der Waals surface area (Å²) >= 11 is 0. The maximum atomic E-state index is 13.8. The Morgan fingerprint density at radius 2 is 1.39 bits per heavy atom. The molecule has 0 aliphatic heterocycles. The topological polar surface area (TPSA) is 49.0 Å². The van der Waals surface area contributed by atoms with Gasteiger partial charge in [0, 0.05) is 12.1 Å². The minimum atomic E-state index is -0.281. The van der Waals surface area contributed by atoms with Crippen LogP contribution in [0, 0.1) is 5.82 Å². The molecule has 6 heteroatoms. The molecular formula is C25H28FNO4. The van der Waals surface area contributed by atoms with E-state index in [0.717, 1.165) is 30.0 Å². The van der Waals surface area contributed by atoms with E-state index in [0.29, 0.717) is 23.6 Å². The van der Waals surface area contributed by atoms with Crippen molar-refractivity contribution in [2.45, 2.75) is 19.6 Å². The van der Waals surface area contributed by atoms with Crippen LogP contribution in [-0.4, -0.2) is 27.9 Å². The van der Waals surface area contributed by atoms with Crippen LogP contribution in [-0.2, 0) is 19.6 Å². The van der Waals surface area contributed by atoms with E-state index in [1.807, 2.05) is 36.4 Å². The molecule has 0 spiro atoms. The van der Waals surface area contributed by atoms with Gasteiger partial charge in [0.1, 0.15) is 12.4 Å². The lowest BCUT2D eigenvalue weighted by atomic mass is 10.1. The van der Waals surface area contributed by atoms with E-state index in [2.05, 4.69) is 5.32 Å². The van der Waals surface area contributed by atoms with Crippen LogP contribution in [0.5, 0.6) is 23.0 Å². The molecule has 0 aromatic heterocycles. The molecule has 3 rings (SSSR count). The fourth-order valence-corrected chi connectivity index (χ4v) is 3.21. The van der Waals surface area contributed by atoms with Crippen molar-refractivity contribution in [3.05, 3.63) is 83.2 Å². The second-order valence-corrected chi connectivity index (χ2v) is 6.98. The van der Waals surface area contributed by atoms with Crippen LogP contribution in [0.15, 0.2) is 60.7 Å². The van der Waals surface area contributed by atoms with Crippen molar-refractivity contribution in [3.63, 3.8) is 0 Å². The normalized spacial score (nSPS) is 10.6. The number of halogens is 1. The van der Waals surface area contributed by atoms with E-state index in [-0.39, 0.29) is 12.4 Å². The molecule has 3 aromatic rings. The zero-order valence-electron chi connectivity index (χ0n) is 18.1. The Morgan fingerprint density at radius 3 is 2.13 bits per heavy atom. The molecule has 3 aromatic carbocycles. The minimum Gasteiger partial charge on any atom is -0.493 e. The van der Waals surface area contributed by atoms with Crippen LogP contribution in [0.2, 0.25) is 0 Å². The van der Waals surface area contributed by atoms with Gasteiger partial charge in [0.05, 0.1) is 21.3 Å². The average Bonchev–Trinajstić information content (AvgIpc) is 2.81. The van der Waals surface area contributed by atoms with E-state index in [4.69, 9.17) is 18.9 Å². The Hall–Kier alpha value is -3.25. The van der Waals surface area contributed by atoms with Crippen molar-refractivity contribution in [1.29, 1.82) is 0 Å². The van der Waals surface area contributed by atoms with Gasteiger partial charge < -0.3 is 24.3 Å². The highest BCUT2D eigenvalue weighted by Crippen LogP contribution is 2.29. The van der Waals surface area contributed by atoms with Crippen LogP contribution in [0.25, 0.3) is 0 Å². The molecular weight excluding hydrogens is 397 g/mol. The molecule has 0 radical (unpaired) electrons. The molecule has 0 saturated carbocycles. The van der Waals surface area contributed by atoms with Crippen molar-refractivity contribution in [3.8, 4) is 23.0 Å². The fraction of sp³-hybridized carbons (Fsp3) is 0.280. The Labute approximate surface area is 182 Å². The molecule has 0 atom stereocenters. The van der Waals surface area contributed by atoms with Crippen molar-refractivity contribution < 1.29 is 23.3 Å². The SMILES string of the molecule is COc1ccc(CCNCc2ccc(OCc3ccccc3F)c(OC)c2)cc1OC. The highest BCUT2D eigenvalue weighted by molar-refractivity contribution is 5.44. The number of nitrogens with one attached hydrogen (secondary N) is 1. The molecule has 0 bridgehead atoms. The summed E-state index contributed by atoms with van der Waals surface area (Å²) in [5.74, 6) is 2.38.